The lowest BCUT2D eigenvalue weighted by molar-refractivity contribution is 0.0388. The summed E-state index contributed by atoms with van der Waals surface area (Å²) >= 11 is 0. The zero-order valence-electron chi connectivity index (χ0n) is 14.8. The van der Waals surface area contributed by atoms with Crippen molar-refractivity contribution in [1.29, 1.82) is 0 Å². The van der Waals surface area contributed by atoms with Gasteiger partial charge in [-0.1, -0.05) is 0 Å². The monoisotopic (exact) mass is 364 g/mol. The minimum absolute atomic E-state index is 0.238. The minimum atomic E-state index is -1.23. The number of nitrogens with zero attached hydrogens (tertiary/aromatic N) is 1. The van der Waals surface area contributed by atoms with Crippen molar-refractivity contribution in [2.75, 3.05) is 39.6 Å². The second-order valence-corrected chi connectivity index (χ2v) is 5.50. The number of pyridine rings is 1. The zero-order valence-corrected chi connectivity index (χ0v) is 14.8. The Hall–Kier alpha value is -2.42. The molecule has 0 unspecified atom stereocenters. The van der Waals surface area contributed by atoms with E-state index in [-0.39, 0.29) is 5.56 Å². The number of carboxylic acids is 1. The van der Waals surface area contributed by atoms with Gasteiger partial charge in [0, 0.05) is 30.7 Å². The molecule has 0 saturated carbocycles. The molecule has 0 aliphatic carbocycles. The van der Waals surface area contributed by atoms with Crippen molar-refractivity contribution >= 4 is 16.9 Å². The quantitative estimate of drug-likeness (QED) is 0.574. The molecule has 26 heavy (non-hydrogen) atoms. The maximum absolute atomic E-state index is 12.3. The van der Waals surface area contributed by atoms with Crippen LogP contribution in [0.2, 0.25) is 0 Å². The van der Waals surface area contributed by atoms with E-state index >= 15 is 0 Å². The van der Waals surface area contributed by atoms with Crippen molar-refractivity contribution in [3.8, 4) is 5.75 Å². The molecule has 0 radical (unpaired) electrons. The van der Waals surface area contributed by atoms with Crippen molar-refractivity contribution in [2.45, 2.75) is 13.5 Å². The van der Waals surface area contributed by atoms with E-state index in [2.05, 4.69) is 0 Å². The molecule has 2 rings (SSSR count). The highest BCUT2D eigenvalue weighted by atomic mass is 16.5. The third-order valence-corrected chi connectivity index (χ3v) is 3.75. The molecule has 142 valence electrons. The molecule has 0 amide bonds. The number of carboxylic acid groups (broad SMARTS) is 1. The second kappa shape index (κ2) is 9.91. The molecule has 0 bridgehead atoms. The zero-order chi connectivity index (χ0) is 18.9. The Kier molecular flexibility index (Phi) is 7.58. The summed E-state index contributed by atoms with van der Waals surface area (Å²) in [5, 5.41) is 9.52. The van der Waals surface area contributed by atoms with Gasteiger partial charge in [0.25, 0.3) is 0 Å². The number of ether oxygens (including phenoxy) is 3. The van der Waals surface area contributed by atoms with Gasteiger partial charge in [-0.25, -0.2) is 4.79 Å². The summed E-state index contributed by atoms with van der Waals surface area (Å²) in [6.45, 7) is 5.13. The van der Waals surface area contributed by atoms with Crippen molar-refractivity contribution in [2.24, 2.45) is 5.73 Å². The largest absolute Gasteiger partial charge is 0.491 e. The molecular formula is C18H24N2O6. The van der Waals surface area contributed by atoms with E-state index < -0.39 is 11.4 Å². The second-order valence-electron chi connectivity index (χ2n) is 5.50. The molecule has 8 heteroatoms. The summed E-state index contributed by atoms with van der Waals surface area (Å²) in [7, 11) is 0. The standard InChI is InChI=1S/C18H24N2O6/c1-2-20-12-15(18(22)23)17(21)14-4-3-13(11-16(14)20)26-10-9-25-8-7-24-6-5-19/h3-4,11-12H,2,5-10,19H2,1H3,(H,22,23). The molecule has 3 N–H and O–H groups in total. The first-order valence-electron chi connectivity index (χ1n) is 8.47. The van der Waals surface area contributed by atoms with Gasteiger partial charge >= 0.3 is 5.97 Å². The van der Waals surface area contributed by atoms with Gasteiger partial charge < -0.3 is 29.6 Å². The Bertz CT molecular complexity index is 802. The van der Waals surface area contributed by atoms with Gasteiger partial charge in [0.15, 0.2) is 0 Å². The van der Waals surface area contributed by atoms with Gasteiger partial charge in [-0.05, 0) is 19.1 Å². The van der Waals surface area contributed by atoms with Crippen LogP contribution in [0.1, 0.15) is 17.3 Å². The maximum Gasteiger partial charge on any atom is 0.341 e. The summed E-state index contributed by atoms with van der Waals surface area (Å²) in [6.07, 6.45) is 1.36. The van der Waals surface area contributed by atoms with Crippen LogP contribution in [0.15, 0.2) is 29.2 Å². The van der Waals surface area contributed by atoms with Crippen LogP contribution in [0.25, 0.3) is 10.9 Å². The fraction of sp³-hybridized carbons (Fsp3) is 0.444. The maximum atomic E-state index is 12.3. The third kappa shape index (κ3) is 5.04. The molecular weight excluding hydrogens is 340 g/mol. The summed E-state index contributed by atoms with van der Waals surface area (Å²) in [6, 6.07) is 4.98. The SMILES string of the molecule is CCn1cc(C(=O)O)c(=O)c2ccc(OCCOCCOCCN)cc21. The molecule has 0 saturated heterocycles. The van der Waals surface area contributed by atoms with E-state index in [0.717, 1.165) is 0 Å². The third-order valence-electron chi connectivity index (χ3n) is 3.75. The molecule has 1 aromatic carbocycles. The van der Waals surface area contributed by atoms with Crippen LogP contribution in [0.4, 0.5) is 0 Å². The number of hydrogen-bond acceptors (Lipinski definition) is 6. The number of nitrogens with two attached hydrogens (primary N) is 1. The van der Waals surface area contributed by atoms with Crippen LogP contribution in [-0.2, 0) is 16.0 Å². The number of hydrogen-bond donors (Lipinski definition) is 2. The van der Waals surface area contributed by atoms with E-state index in [1.165, 1.54) is 6.20 Å². The lowest BCUT2D eigenvalue weighted by Gasteiger charge is -2.12. The lowest BCUT2D eigenvalue weighted by atomic mass is 10.1. The molecule has 0 aliphatic rings. The van der Waals surface area contributed by atoms with Crippen molar-refractivity contribution in [1.82, 2.24) is 4.57 Å². The molecule has 0 aliphatic heterocycles. The van der Waals surface area contributed by atoms with Gasteiger partial charge in [-0.15, -0.1) is 0 Å². The number of rotatable bonds is 11. The Labute approximate surface area is 151 Å². The van der Waals surface area contributed by atoms with E-state index in [1.807, 2.05) is 6.92 Å². The van der Waals surface area contributed by atoms with Gasteiger partial charge in [0.2, 0.25) is 5.43 Å². The van der Waals surface area contributed by atoms with Gasteiger partial charge in [0.1, 0.15) is 17.9 Å². The number of fused-ring (bicyclic) bond motifs is 1. The Balaban J connectivity index is 2.01. The highest BCUT2D eigenvalue weighted by Gasteiger charge is 2.14. The molecule has 1 heterocycles. The Morgan fingerprint density at radius 1 is 1.15 bits per heavy atom. The average molecular weight is 364 g/mol. The highest BCUT2D eigenvalue weighted by Crippen LogP contribution is 2.19. The predicted molar refractivity (Wildman–Crippen MR) is 97.0 cm³/mol. The first-order chi connectivity index (χ1) is 12.6. The average Bonchev–Trinajstić information content (AvgIpc) is 2.64. The molecule has 0 atom stereocenters. The van der Waals surface area contributed by atoms with Crippen LogP contribution in [0.3, 0.4) is 0 Å². The van der Waals surface area contributed by atoms with E-state index in [4.69, 9.17) is 25.1 Å². The first kappa shape index (κ1) is 19.9. The number of benzene rings is 1. The normalized spacial score (nSPS) is 11.0. The summed E-state index contributed by atoms with van der Waals surface area (Å²) < 4.78 is 17.9. The first-order valence-corrected chi connectivity index (χ1v) is 8.47. The number of aromatic nitrogens is 1. The minimum Gasteiger partial charge on any atom is -0.491 e. The van der Waals surface area contributed by atoms with Gasteiger partial charge in [0.05, 0.1) is 31.9 Å². The van der Waals surface area contributed by atoms with Gasteiger partial charge in [-0.2, -0.15) is 0 Å². The predicted octanol–water partition coefficient (Wildman–Crippen LogP) is 1.09. The smallest absolute Gasteiger partial charge is 0.341 e. The summed E-state index contributed by atoms with van der Waals surface area (Å²) in [5.74, 6) is -0.642. The summed E-state index contributed by atoms with van der Waals surface area (Å²) in [4.78, 5) is 23.5. The molecule has 1 aromatic heterocycles. The molecule has 2 aromatic rings. The van der Waals surface area contributed by atoms with Gasteiger partial charge in [-0.3, -0.25) is 4.79 Å². The molecule has 8 nitrogen and oxygen atoms in total. The van der Waals surface area contributed by atoms with Crippen LogP contribution in [-0.4, -0.2) is 55.2 Å². The van der Waals surface area contributed by atoms with Crippen LogP contribution in [0, 0.1) is 0 Å². The van der Waals surface area contributed by atoms with Crippen molar-refractivity contribution in [3.63, 3.8) is 0 Å². The van der Waals surface area contributed by atoms with E-state index in [1.54, 1.807) is 22.8 Å². The van der Waals surface area contributed by atoms with E-state index in [0.29, 0.717) is 62.8 Å². The Morgan fingerprint density at radius 3 is 2.50 bits per heavy atom. The molecule has 0 fully saturated rings. The van der Waals surface area contributed by atoms with Crippen LogP contribution < -0.4 is 15.9 Å². The highest BCUT2D eigenvalue weighted by molar-refractivity contribution is 5.92. The lowest BCUT2D eigenvalue weighted by Crippen LogP contribution is -2.18. The fourth-order valence-corrected chi connectivity index (χ4v) is 2.50. The fourth-order valence-electron chi connectivity index (χ4n) is 2.50. The summed E-state index contributed by atoms with van der Waals surface area (Å²) in [5.41, 5.74) is 5.21. The van der Waals surface area contributed by atoms with E-state index in [9.17, 15) is 9.59 Å². The van der Waals surface area contributed by atoms with Crippen LogP contribution in [0.5, 0.6) is 5.75 Å². The van der Waals surface area contributed by atoms with Crippen molar-refractivity contribution < 1.29 is 24.1 Å². The Morgan fingerprint density at radius 2 is 1.85 bits per heavy atom. The van der Waals surface area contributed by atoms with Crippen molar-refractivity contribution in [3.05, 3.63) is 40.2 Å². The molecule has 0 spiro atoms. The number of aromatic carboxylic acids is 1. The van der Waals surface area contributed by atoms with Crippen LogP contribution >= 0.6 is 0 Å². The number of carbonyl (C=O) groups is 1. The topological polar surface area (TPSA) is 113 Å². The number of aryl methyl sites for hydroxylation is 1.